The minimum absolute atomic E-state index is 0.283. The lowest BCUT2D eigenvalue weighted by Crippen LogP contribution is -2.25. The van der Waals surface area contributed by atoms with Crippen LogP contribution in [-0.4, -0.2) is 19.9 Å². The van der Waals surface area contributed by atoms with E-state index in [0.29, 0.717) is 17.7 Å². The molecule has 1 amide bonds. The van der Waals surface area contributed by atoms with Crippen molar-refractivity contribution in [2.24, 2.45) is 5.16 Å². The molecule has 0 aliphatic heterocycles. The Labute approximate surface area is 93.3 Å². The van der Waals surface area contributed by atoms with E-state index in [-0.39, 0.29) is 5.82 Å². The van der Waals surface area contributed by atoms with Crippen LogP contribution in [0.4, 0.5) is 14.9 Å². The van der Waals surface area contributed by atoms with E-state index < -0.39 is 6.09 Å². The fourth-order valence-electron chi connectivity index (χ4n) is 1.26. The Hall–Kier alpha value is -1.91. The minimum Gasteiger partial charge on any atom is -0.298 e. The van der Waals surface area contributed by atoms with Crippen molar-refractivity contribution >= 4 is 18.5 Å². The van der Waals surface area contributed by atoms with Crippen molar-refractivity contribution in [3.63, 3.8) is 0 Å². The SMILES string of the molecule is C=NOC(=O)N(C)c1ccc(F)c(CC)c1. The number of aryl methyl sites for hydroxylation is 1. The Morgan fingerprint density at radius 1 is 1.62 bits per heavy atom. The standard InChI is InChI=1S/C11H13FN2O2/c1-4-8-7-9(5-6-10(8)12)14(3)11(15)16-13-2/h5-7H,2,4H2,1,3H3. The van der Waals surface area contributed by atoms with E-state index in [1.807, 2.05) is 6.92 Å². The van der Waals surface area contributed by atoms with Gasteiger partial charge in [-0.15, -0.1) is 0 Å². The van der Waals surface area contributed by atoms with Crippen LogP contribution in [0.2, 0.25) is 0 Å². The molecule has 0 saturated heterocycles. The van der Waals surface area contributed by atoms with Gasteiger partial charge in [0.25, 0.3) is 0 Å². The van der Waals surface area contributed by atoms with Crippen molar-refractivity contribution in [1.82, 2.24) is 0 Å². The van der Waals surface area contributed by atoms with E-state index in [2.05, 4.69) is 16.7 Å². The number of benzene rings is 1. The number of oxime groups is 1. The molecule has 0 aliphatic carbocycles. The van der Waals surface area contributed by atoms with Crippen molar-refractivity contribution in [3.05, 3.63) is 29.6 Å². The van der Waals surface area contributed by atoms with Crippen LogP contribution in [0.5, 0.6) is 0 Å². The number of amides is 1. The summed E-state index contributed by atoms with van der Waals surface area (Å²) in [6, 6.07) is 4.41. The molecular formula is C11H13FN2O2. The van der Waals surface area contributed by atoms with Gasteiger partial charge in [0.05, 0.1) is 0 Å². The molecule has 0 radical (unpaired) electrons. The molecule has 1 aromatic rings. The Morgan fingerprint density at radius 2 is 2.31 bits per heavy atom. The fraction of sp³-hybridized carbons (Fsp3) is 0.273. The largest absolute Gasteiger partial charge is 0.440 e. The number of hydrogen-bond donors (Lipinski definition) is 0. The van der Waals surface area contributed by atoms with Crippen molar-refractivity contribution in [2.75, 3.05) is 11.9 Å². The Bertz CT molecular complexity index is 407. The average molecular weight is 224 g/mol. The van der Waals surface area contributed by atoms with Gasteiger partial charge in [-0.25, -0.2) is 9.18 Å². The fourth-order valence-corrected chi connectivity index (χ4v) is 1.26. The lowest BCUT2D eigenvalue weighted by atomic mass is 10.1. The molecule has 0 unspecified atom stereocenters. The first-order chi connectivity index (χ1) is 7.60. The van der Waals surface area contributed by atoms with Crippen molar-refractivity contribution in [2.45, 2.75) is 13.3 Å². The summed E-state index contributed by atoms with van der Waals surface area (Å²) in [5.74, 6) is -0.283. The van der Waals surface area contributed by atoms with E-state index >= 15 is 0 Å². The van der Waals surface area contributed by atoms with E-state index in [4.69, 9.17) is 0 Å². The van der Waals surface area contributed by atoms with E-state index in [1.54, 1.807) is 6.07 Å². The van der Waals surface area contributed by atoms with Crippen LogP contribution in [0.1, 0.15) is 12.5 Å². The third kappa shape index (κ3) is 2.56. The molecule has 0 atom stereocenters. The van der Waals surface area contributed by atoms with Gasteiger partial charge in [0.1, 0.15) is 5.82 Å². The average Bonchev–Trinajstić information content (AvgIpc) is 2.29. The highest BCUT2D eigenvalue weighted by Gasteiger charge is 2.13. The highest BCUT2D eigenvalue weighted by molar-refractivity contribution is 5.87. The Balaban J connectivity index is 2.95. The van der Waals surface area contributed by atoms with Crippen LogP contribution in [-0.2, 0) is 11.3 Å². The molecule has 0 spiro atoms. The molecular weight excluding hydrogens is 211 g/mol. The molecule has 0 aromatic heterocycles. The number of hydrogen-bond acceptors (Lipinski definition) is 3. The van der Waals surface area contributed by atoms with Crippen LogP contribution < -0.4 is 4.90 Å². The van der Waals surface area contributed by atoms with Crippen molar-refractivity contribution < 1.29 is 14.0 Å². The van der Waals surface area contributed by atoms with Gasteiger partial charge in [0.2, 0.25) is 0 Å². The van der Waals surface area contributed by atoms with E-state index in [1.165, 1.54) is 24.1 Å². The number of nitrogens with zero attached hydrogens (tertiary/aromatic N) is 2. The first kappa shape index (κ1) is 12.2. The summed E-state index contributed by atoms with van der Waals surface area (Å²) in [7, 11) is 1.51. The van der Waals surface area contributed by atoms with Gasteiger partial charge in [-0.05, 0) is 30.2 Å². The zero-order valence-electron chi connectivity index (χ0n) is 9.24. The normalized spacial score (nSPS) is 9.69. The van der Waals surface area contributed by atoms with Gasteiger partial charge in [-0.1, -0.05) is 12.1 Å². The molecule has 0 saturated carbocycles. The predicted octanol–water partition coefficient (Wildman–Crippen LogP) is 2.58. The third-order valence-corrected chi connectivity index (χ3v) is 2.21. The zero-order chi connectivity index (χ0) is 12.1. The molecule has 16 heavy (non-hydrogen) atoms. The molecule has 0 N–H and O–H groups in total. The summed E-state index contributed by atoms with van der Waals surface area (Å²) in [4.78, 5) is 16.9. The summed E-state index contributed by atoms with van der Waals surface area (Å²) in [6.07, 6.45) is -0.105. The van der Waals surface area contributed by atoms with E-state index in [0.717, 1.165) is 0 Å². The van der Waals surface area contributed by atoms with Crippen LogP contribution in [0.15, 0.2) is 23.4 Å². The predicted molar refractivity (Wildman–Crippen MR) is 60.2 cm³/mol. The van der Waals surface area contributed by atoms with Crippen LogP contribution >= 0.6 is 0 Å². The number of halogens is 1. The molecule has 1 aromatic carbocycles. The number of anilines is 1. The third-order valence-electron chi connectivity index (χ3n) is 2.21. The van der Waals surface area contributed by atoms with Gasteiger partial charge < -0.3 is 0 Å². The molecule has 86 valence electrons. The maximum absolute atomic E-state index is 13.2. The summed E-state index contributed by atoms with van der Waals surface area (Å²) in [6.45, 7) is 4.88. The van der Waals surface area contributed by atoms with Crippen LogP contribution in [0.25, 0.3) is 0 Å². The Morgan fingerprint density at radius 3 is 2.88 bits per heavy atom. The van der Waals surface area contributed by atoms with Gasteiger partial charge in [0, 0.05) is 19.5 Å². The second-order valence-corrected chi connectivity index (χ2v) is 3.17. The summed E-state index contributed by atoms with van der Waals surface area (Å²) < 4.78 is 13.2. The first-order valence-corrected chi connectivity index (χ1v) is 4.79. The molecule has 1 rings (SSSR count). The molecule has 0 fully saturated rings. The van der Waals surface area contributed by atoms with E-state index in [9.17, 15) is 9.18 Å². The lowest BCUT2D eigenvalue weighted by molar-refractivity contribution is 0.161. The topological polar surface area (TPSA) is 41.9 Å². The Kier molecular flexibility index (Phi) is 3.99. The van der Waals surface area contributed by atoms with Crippen LogP contribution in [0.3, 0.4) is 0 Å². The molecule has 4 nitrogen and oxygen atoms in total. The quantitative estimate of drug-likeness (QED) is 0.450. The maximum atomic E-state index is 13.2. The minimum atomic E-state index is -0.663. The van der Waals surface area contributed by atoms with Crippen LogP contribution in [0, 0.1) is 5.82 Å². The summed E-state index contributed by atoms with van der Waals surface area (Å²) in [5, 5.41) is 3.03. The van der Waals surface area contributed by atoms with Gasteiger partial charge >= 0.3 is 6.09 Å². The number of rotatable bonds is 3. The number of carbonyl (C=O) groups excluding carboxylic acids is 1. The van der Waals surface area contributed by atoms with Crippen molar-refractivity contribution in [3.8, 4) is 0 Å². The summed E-state index contributed by atoms with van der Waals surface area (Å²) in [5.41, 5.74) is 1.09. The first-order valence-electron chi connectivity index (χ1n) is 4.79. The molecule has 0 bridgehead atoms. The summed E-state index contributed by atoms with van der Waals surface area (Å²) >= 11 is 0. The maximum Gasteiger partial charge on any atom is 0.440 e. The van der Waals surface area contributed by atoms with Gasteiger partial charge in [-0.3, -0.25) is 9.74 Å². The molecule has 0 aliphatic rings. The van der Waals surface area contributed by atoms with Gasteiger partial charge in [-0.2, -0.15) is 0 Å². The second-order valence-electron chi connectivity index (χ2n) is 3.17. The van der Waals surface area contributed by atoms with Crippen molar-refractivity contribution in [1.29, 1.82) is 0 Å². The highest BCUT2D eigenvalue weighted by atomic mass is 19.1. The van der Waals surface area contributed by atoms with Gasteiger partial charge in [0.15, 0.2) is 0 Å². The lowest BCUT2D eigenvalue weighted by Gasteiger charge is -2.15. The second kappa shape index (κ2) is 5.25. The zero-order valence-corrected chi connectivity index (χ0v) is 9.24. The monoisotopic (exact) mass is 224 g/mol. The number of carbonyl (C=O) groups is 1. The highest BCUT2D eigenvalue weighted by Crippen LogP contribution is 2.19. The molecule has 5 heteroatoms. The smallest absolute Gasteiger partial charge is 0.298 e. The molecule has 0 heterocycles.